The molecule has 9 heteroatoms. The molecular formula is C15H25N3O6. The molecule has 0 aromatic rings. The van der Waals surface area contributed by atoms with E-state index in [0.717, 1.165) is 0 Å². The minimum Gasteiger partial charge on any atom is -0.481 e. The average molecular weight is 343 g/mol. The summed E-state index contributed by atoms with van der Waals surface area (Å²) < 4.78 is 0. The third-order valence-corrected chi connectivity index (χ3v) is 4.13. The first-order valence-corrected chi connectivity index (χ1v) is 7.78. The van der Waals surface area contributed by atoms with Crippen LogP contribution in [0.5, 0.6) is 0 Å². The van der Waals surface area contributed by atoms with Crippen molar-refractivity contribution >= 4 is 23.8 Å². The van der Waals surface area contributed by atoms with Gasteiger partial charge in [-0.1, -0.05) is 0 Å². The predicted molar refractivity (Wildman–Crippen MR) is 84.3 cm³/mol. The molecule has 0 saturated carbocycles. The van der Waals surface area contributed by atoms with Gasteiger partial charge in [-0.15, -0.1) is 0 Å². The van der Waals surface area contributed by atoms with E-state index >= 15 is 0 Å². The molecule has 24 heavy (non-hydrogen) atoms. The minimum atomic E-state index is -1.29. The van der Waals surface area contributed by atoms with Gasteiger partial charge in [0.2, 0.25) is 11.8 Å². The van der Waals surface area contributed by atoms with Crippen molar-refractivity contribution in [3.63, 3.8) is 0 Å². The van der Waals surface area contributed by atoms with Crippen molar-refractivity contribution in [2.75, 3.05) is 27.2 Å². The molecule has 2 amide bonds. The Bertz CT molecular complexity index is 521. The van der Waals surface area contributed by atoms with Crippen molar-refractivity contribution in [1.82, 2.24) is 15.1 Å². The largest absolute Gasteiger partial charge is 0.481 e. The fraction of sp³-hybridized carbons (Fsp3) is 0.733. The zero-order valence-electron chi connectivity index (χ0n) is 14.2. The van der Waals surface area contributed by atoms with Crippen LogP contribution in [-0.4, -0.2) is 82.5 Å². The molecule has 1 fully saturated rings. The van der Waals surface area contributed by atoms with E-state index < -0.39 is 29.4 Å². The summed E-state index contributed by atoms with van der Waals surface area (Å²) in [6.45, 7) is 2.20. The number of hydrogen-bond acceptors (Lipinski definition) is 5. The Morgan fingerprint density at radius 1 is 1.25 bits per heavy atom. The van der Waals surface area contributed by atoms with Gasteiger partial charge in [0.25, 0.3) is 0 Å². The molecular weight excluding hydrogens is 318 g/mol. The van der Waals surface area contributed by atoms with Crippen LogP contribution in [-0.2, 0) is 19.2 Å². The molecule has 0 spiro atoms. The first-order valence-electron chi connectivity index (χ1n) is 7.78. The summed E-state index contributed by atoms with van der Waals surface area (Å²) in [7, 11) is 3.50. The van der Waals surface area contributed by atoms with Gasteiger partial charge in [-0.2, -0.15) is 0 Å². The molecule has 0 radical (unpaired) electrons. The highest BCUT2D eigenvalue weighted by atomic mass is 16.4. The summed E-state index contributed by atoms with van der Waals surface area (Å²) in [6, 6.07) is -1.29. The highest BCUT2D eigenvalue weighted by molar-refractivity contribution is 5.94. The number of amides is 2. The lowest BCUT2D eigenvalue weighted by atomic mass is 9.96. The molecule has 1 heterocycles. The number of nitrogens with one attached hydrogen (secondary N) is 1. The predicted octanol–water partition coefficient (Wildman–Crippen LogP) is -0.637. The zero-order chi connectivity index (χ0) is 18.5. The van der Waals surface area contributed by atoms with Crippen LogP contribution in [0.1, 0.15) is 32.6 Å². The highest BCUT2D eigenvalue weighted by Gasteiger charge is 2.46. The summed E-state index contributed by atoms with van der Waals surface area (Å²) in [5.74, 6) is -3.19. The lowest BCUT2D eigenvalue weighted by molar-refractivity contribution is -0.148. The van der Waals surface area contributed by atoms with E-state index in [2.05, 4.69) is 5.32 Å². The lowest BCUT2D eigenvalue weighted by Crippen LogP contribution is -2.59. The number of aliphatic carboxylic acids is 2. The van der Waals surface area contributed by atoms with Crippen molar-refractivity contribution in [2.45, 2.75) is 44.2 Å². The van der Waals surface area contributed by atoms with Crippen molar-refractivity contribution in [3.8, 4) is 0 Å². The number of carbonyl (C=O) groups excluding carboxylic acids is 2. The molecule has 0 aromatic heterocycles. The van der Waals surface area contributed by atoms with Crippen molar-refractivity contribution < 1.29 is 29.4 Å². The number of likely N-dealkylation sites (N-methyl/N-ethyl adjacent to an activating group) is 1. The lowest BCUT2D eigenvalue weighted by Gasteiger charge is -2.35. The highest BCUT2D eigenvalue weighted by Crippen LogP contribution is 2.29. The van der Waals surface area contributed by atoms with E-state index in [-0.39, 0.29) is 25.3 Å². The standard InChI is InChI=1S/C15H25N3O6/c1-15(7-4-8-18(15)11(19)9-17(2)3)14(24)16-10(13(22)23)5-6-12(20)21/h10H,4-9H2,1-3H3,(H,16,24)(H,20,21)(H,22,23). The fourth-order valence-electron chi connectivity index (χ4n) is 2.79. The summed E-state index contributed by atoms with van der Waals surface area (Å²) in [5, 5.41) is 20.2. The Balaban J connectivity index is 2.83. The Kier molecular flexibility index (Phi) is 6.70. The average Bonchev–Trinajstić information content (AvgIpc) is 2.85. The molecule has 2 atom stereocenters. The number of hydrogen-bond donors (Lipinski definition) is 3. The van der Waals surface area contributed by atoms with Gasteiger partial charge in [-0.05, 0) is 40.3 Å². The summed E-state index contributed by atoms with van der Waals surface area (Å²) in [4.78, 5) is 49.9. The second-order valence-electron chi connectivity index (χ2n) is 6.46. The Morgan fingerprint density at radius 3 is 2.38 bits per heavy atom. The molecule has 0 aromatic carbocycles. The number of carboxylic acids is 2. The molecule has 0 aliphatic carbocycles. The molecule has 9 nitrogen and oxygen atoms in total. The van der Waals surface area contributed by atoms with Gasteiger partial charge in [-0.3, -0.25) is 14.4 Å². The van der Waals surface area contributed by atoms with Crippen molar-refractivity contribution in [2.24, 2.45) is 0 Å². The normalized spacial score (nSPS) is 21.6. The maximum absolute atomic E-state index is 12.6. The van der Waals surface area contributed by atoms with Crippen molar-refractivity contribution in [1.29, 1.82) is 0 Å². The topological polar surface area (TPSA) is 127 Å². The minimum absolute atomic E-state index is 0.157. The molecule has 1 aliphatic rings. The van der Waals surface area contributed by atoms with Crippen LogP contribution in [0.4, 0.5) is 0 Å². The van der Waals surface area contributed by atoms with Crippen LogP contribution in [0.15, 0.2) is 0 Å². The zero-order valence-corrected chi connectivity index (χ0v) is 14.2. The van der Waals surface area contributed by atoms with Crippen LogP contribution in [0.3, 0.4) is 0 Å². The maximum atomic E-state index is 12.6. The van der Waals surface area contributed by atoms with E-state index in [4.69, 9.17) is 10.2 Å². The number of carbonyl (C=O) groups is 4. The number of rotatable bonds is 8. The van der Waals surface area contributed by atoms with E-state index in [1.54, 1.807) is 25.9 Å². The number of likely N-dealkylation sites (tertiary alicyclic amines) is 1. The van der Waals surface area contributed by atoms with Crippen molar-refractivity contribution in [3.05, 3.63) is 0 Å². The number of nitrogens with zero attached hydrogens (tertiary/aromatic N) is 2. The van der Waals surface area contributed by atoms with Gasteiger partial charge in [0.15, 0.2) is 0 Å². The van der Waals surface area contributed by atoms with E-state index in [0.29, 0.717) is 19.4 Å². The molecule has 1 aliphatic heterocycles. The molecule has 3 N–H and O–H groups in total. The quantitative estimate of drug-likeness (QED) is 0.535. The SMILES string of the molecule is CN(C)CC(=O)N1CCCC1(C)C(=O)NC(CCC(=O)O)C(=O)O. The maximum Gasteiger partial charge on any atom is 0.326 e. The van der Waals surface area contributed by atoms with Crippen LogP contribution in [0, 0.1) is 0 Å². The molecule has 1 saturated heterocycles. The van der Waals surface area contributed by atoms with Gasteiger partial charge >= 0.3 is 11.9 Å². The van der Waals surface area contributed by atoms with Crippen LogP contribution < -0.4 is 5.32 Å². The van der Waals surface area contributed by atoms with E-state index in [9.17, 15) is 19.2 Å². The monoisotopic (exact) mass is 343 g/mol. The van der Waals surface area contributed by atoms with E-state index in [1.807, 2.05) is 0 Å². The van der Waals surface area contributed by atoms with Gasteiger partial charge in [0.05, 0.1) is 6.54 Å². The molecule has 0 bridgehead atoms. The van der Waals surface area contributed by atoms with E-state index in [1.165, 1.54) is 4.90 Å². The Morgan fingerprint density at radius 2 is 1.88 bits per heavy atom. The van der Waals surface area contributed by atoms with Gasteiger partial charge < -0.3 is 25.3 Å². The third kappa shape index (κ3) is 4.92. The summed E-state index contributed by atoms with van der Waals surface area (Å²) >= 11 is 0. The van der Waals surface area contributed by atoms with Crippen LogP contribution >= 0.6 is 0 Å². The summed E-state index contributed by atoms with van der Waals surface area (Å²) in [6.07, 6.45) is 0.509. The Labute approximate surface area is 140 Å². The smallest absolute Gasteiger partial charge is 0.326 e. The Hall–Kier alpha value is -2.16. The third-order valence-electron chi connectivity index (χ3n) is 4.13. The van der Waals surface area contributed by atoms with Gasteiger partial charge in [0, 0.05) is 13.0 Å². The second-order valence-corrected chi connectivity index (χ2v) is 6.46. The summed E-state index contributed by atoms with van der Waals surface area (Å²) in [5.41, 5.74) is -1.12. The number of carboxylic acid groups (broad SMARTS) is 2. The van der Waals surface area contributed by atoms with Crippen LogP contribution in [0.25, 0.3) is 0 Å². The molecule has 2 unspecified atom stereocenters. The van der Waals surface area contributed by atoms with Gasteiger partial charge in [-0.25, -0.2) is 4.79 Å². The first kappa shape index (κ1) is 19.9. The molecule has 136 valence electrons. The first-order chi connectivity index (χ1) is 11.1. The fourth-order valence-corrected chi connectivity index (χ4v) is 2.79. The second kappa shape index (κ2) is 8.09. The van der Waals surface area contributed by atoms with Crippen LogP contribution in [0.2, 0.25) is 0 Å². The molecule has 1 rings (SSSR count). The van der Waals surface area contributed by atoms with Gasteiger partial charge in [0.1, 0.15) is 11.6 Å².